The molecule has 0 aliphatic carbocycles. The molecule has 1 aromatic heterocycles. The summed E-state index contributed by atoms with van der Waals surface area (Å²) in [6, 6.07) is 14.1. The Kier molecular flexibility index (Phi) is 7.81. The third-order valence-corrected chi connectivity index (χ3v) is 5.18. The summed E-state index contributed by atoms with van der Waals surface area (Å²) in [4.78, 5) is 30.4. The predicted molar refractivity (Wildman–Crippen MR) is 132 cm³/mol. The van der Waals surface area contributed by atoms with Crippen molar-refractivity contribution in [3.63, 3.8) is 0 Å². The first-order valence-electron chi connectivity index (χ1n) is 10.3. The van der Waals surface area contributed by atoms with E-state index in [9.17, 15) is 9.59 Å². The van der Waals surface area contributed by atoms with E-state index >= 15 is 0 Å². The lowest BCUT2D eigenvalue weighted by Gasteiger charge is -2.21. The van der Waals surface area contributed by atoms with Gasteiger partial charge in [-0.25, -0.2) is 10.4 Å². The largest absolute Gasteiger partial charge is 0.399 e. The number of hydrogen-bond acceptors (Lipinski definition) is 7. The number of carbonyl (C=O) groups excluding carboxylic acids is 1. The summed E-state index contributed by atoms with van der Waals surface area (Å²) in [5.41, 5.74) is 11.5. The topological polar surface area (TPSA) is 129 Å². The summed E-state index contributed by atoms with van der Waals surface area (Å²) in [7, 11) is 1.66. The molecule has 0 aliphatic heterocycles. The minimum Gasteiger partial charge on any atom is -0.399 e. The van der Waals surface area contributed by atoms with Gasteiger partial charge in [-0.15, -0.1) is 0 Å². The van der Waals surface area contributed by atoms with Gasteiger partial charge in [0, 0.05) is 37.6 Å². The van der Waals surface area contributed by atoms with Crippen LogP contribution in [0.15, 0.2) is 53.3 Å². The maximum Gasteiger partial charge on any atom is 0.295 e. The molecular formula is C23H26ClN7O2. The van der Waals surface area contributed by atoms with Gasteiger partial charge in [0.25, 0.3) is 5.56 Å². The van der Waals surface area contributed by atoms with Crippen molar-refractivity contribution in [2.45, 2.75) is 20.0 Å². The SMILES string of the molecule is CCNN(C)c1nc(Cl)c(-c2cccc(N)c2)n(CC(=O)NCc2ccc(C=N)cc2)c1=O. The highest BCUT2D eigenvalue weighted by atomic mass is 35.5. The molecule has 1 amide bonds. The van der Waals surface area contributed by atoms with Gasteiger partial charge in [0.15, 0.2) is 5.15 Å². The number of nitrogens with one attached hydrogen (secondary N) is 3. The molecule has 0 atom stereocenters. The first kappa shape index (κ1) is 24.0. The monoisotopic (exact) mass is 467 g/mol. The van der Waals surface area contributed by atoms with E-state index in [0.29, 0.717) is 23.5 Å². The van der Waals surface area contributed by atoms with Crippen molar-refractivity contribution in [1.82, 2.24) is 20.3 Å². The molecule has 172 valence electrons. The zero-order valence-electron chi connectivity index (χ0n) is 18.4. The van der Waals surface area contributed by atoms with Crippen molar-refractivity contribution in [3.8, 4) is 11.3 Å². The Morgan fingerprint density at radius 2 is 2.00 bits per heavy atom. The summed E-state index contributed by atoms with van der Waals surface area (Å²) < 4.78 is 1.31. The van der Waals surface area contributed by atoms with Crippen molar-refractivity contribution < 1.29 is 4.79 Å². The second-order valence-electron chi connectivity index (χ2n) is 7.32. The lowest BCUT2D eigenvalue weighted by molar-refractivity contribution is -0.121. The molecule has 0 fully saturated rings. The molecule has 0 spiro atoms. The van der Waals surface area contributed by atoms with Gasteiger partial charge >= 0.3 is 0 Å². The fourth-order valence-electron chi connectivity index (χ4n) is 3.30. The van der Waals surface area contributed by atoms with Crippen LogP contribution in [0.2, 0.25) is 5.15 Å². The number of nitrogens with two attached hydrogens (primary N) is 1. The highest BCUT2D eigenvalue weighted by Crippen LogP contribution is 2.28. The molecular weight excluding hydrogens is 442 g/mol. The summed E-state index contributed by atoms with van der Waals surface area (Å²) in [5.74, 6) is -0.290. The smallest absolute Gasteiger partial charge is 0.295 e. The van der Waals surface area contributed by atoms with E-state index in [-0.39, 0.29) is 30.0 Å². The number of hydrazine groups is 1. The van der Waals surface area contributed by atoms with Gasteiger partial charge in [0.05, 0.1) is 5.69 Å². The summed E-state index contributed by atoms with van der Waals surface area (Å²) in [6.45, 7) is 2.49. The zero-order chi connectivity index (χ0) is 24.0. The van der Waals surface area contributed by atoms with Crippen molar-refractivity contribution in [1.29, 1.82) is 5.41 Å². The fraction of sp³-hybridized carbons (Fsp3) is 0.217. The predicted octanol–water partition coefficient (Wildman–Crippen LogP) is 2.42. The van der Waals surface area contributed by atoms with Crippen LogP contribution in [-0.2, 0) is 17.9 Å². The Hall–Kier alpha value is -3.69. The van der Waals surface area contributed by atoms with Crippen LogP contribution in [0.3, 0.4) is 0 Å². The summed E-state index contributed by atoms with van der Waals surface area (Å²) in [6.07, 6.45) is 1.25. The van der Waals surface area contributed by atoms with Gasteiger partial charge in [-0.3, -0.25) is 19.2 Å². The molecule has 10 heteroatoms. The average molecular weight is 468 g/mol. The highest BCUT2D eigenvalue weighted by Gasteiger charge is 2.21. The van der Waals surface area contributed by atoms with Crippen molar-refractivity contribution in [2.75, 3.05) is 24.3 Å². The minimum absolute atomic E-state index is 0.0736. The Morgan fingerprint density at radius 1 is 1.27 bits per heavy atom. The third-order valence-electron chi connectivity index (χ3n) is 4.92. The maximum atomic E-state index is 13.3. The van der Waals surface area contributed by atoms with Crippen molar-refractivity contribution >= 4 is 35.2 Å². The lowest BCUT2D eigenvalue weighted by atomic mass is 10.1. The number of rotatable bonds is 9. The van der Waals surface area contributed by atoms with Crippen LogP contribution in [0.25, 0.3) is 11.3 Å². The Balaban J connectivity index is 1.95. The van der Waals surface area contributed by atoms with Crippen LogP contribution in [0.4, 0.5) is 11.5 Å². The average Bonchev–Trinajstić information content (AvgIpc) is 2.80. The van der Waals surface area contributed by atoms with E-state index in [1.165, 1.54) is 15.8 Å². The number of benzene rings is 2. The van der Waals surface area contributed by atoms with E-state index < -0.39 is 5.56 Å². The van der Waals surface area contributed by atoms with E-state index in [1.807, 2.05) is 19.1 Å². The van der Waals surface area contributed by atoms with Crippen LogP contribution in [0, 0.1) is 5.41 Å². The number of nitrogen functional groups attached to an aromatic ring is 1. The number of nitrogens with zero attached hydrogens (tertiary/aromatic N) is 3. The standard InChI is InChI=1S/C23H26ClN7O2/c1-3-28-30(2)22-23(33)31(20(21(24)29-22)17-5-4-6-18(26)11-17)14-19(32)27-13-16-9-7-15(12-25)8-10-16/h4-12,25,28H,3,13-14,26H2,1-2H3,(H,27,32). The van der Waals surface area contributed by atoms with Crippen LogP contribution >= 0.6 is 11.6 Å². The molecule has 0 radical (unpaired) electrons. The van der Waals surface area contributed by atoms with E-state index in [0.717, 1.165) is 11.1 Å². The normalized spacial score (nSPS) is 10.6. The first-order valence-corrected chi connectivity index (χ1v) is 10.7. The molecule has 3 rings (SSSR count). The molecule has 3 aromatic rings. The van der Waals surface area contributed by atoms with E-state index in [4.69, 9.17) is 22.7 Å². The quantitative estimate of drug-likeness (QED) is 0.217. The Morgan fingerprint density at radius 3 is 2.64 bits per heavy atom. The number of amides is 1. The van der Waals surface area contributed by atoms with Crippen LogP contribution in [0.1, 0.15) is 18.1 Å². The van der Waals surface area contributed by atoms with Gasteiger partial charge in [-0.1, -0.05) is 54.9 Å². The summed E-state index contributed by atoms with van der Waals surface area (Å²) >= 11 is 6.51. The first-order chi connectivity index (χ1) is 15.8. The molecule has 5 N–H and O–H groups in total. The van der Waals surface area contributed by atoms with Crippen LogP contribution in [0.5, 0.6) is 0 Å². The zero-order valence-corrected chi connectivity index (χ0v) is 19.2. The molecule has 33 heavy (non-hydrogen) atoms. The molecule has 1 heterocycles. The van der Waals surface area contributed by atoms with Gasteiger partial charge in [0.2, 0.25) is 11.7 Å². The molecule has 0 saturated carbocycles. The molecule has 0 aliphatic rings. The van der Waals surface area contributed by atoms with Gasteiger partial charge in [0.1, 0.15) is 6.54 Å². The van der Waals surface area contributed by atoms with Crippen LogP contribution in [-0.4, -0.2) is 35.3 Å². The molecule has 0 bridgehead atoms. The number of carbonyl (C=O) groups is 1. The van der Waals surface area contributed by atoms with Crippen LogP contribution < -0.4 is 27.0 Å². The van der Waals surface area contributed by atoms with Crippen molar-refractivity contribution in [2.24, 2.45) is 0 Å². The number of hydrogen-bond donors (Lipinski definition) is 4. The molecule has 2 aromatic carbocycles. The third kappa shape index (κ3) is 5.76. The molecule has 0 unspecified atom stereocenters. The summed E-state index contributed by atoms with van der Waals surface area (Å²) in [5, 5.41) is 11.6. The maximum absolute atomic E-state index is 13.3. The molecule has 0 saturated heterocycles. The molecule has 9 nitrogen and oxygen atoms in total. The Bertz CT molecular complexity index is 1210. The minimum atomic E-state index is -0.467. The number of halogens is 1. The van der Waals surface area contributed by atoms with E-state index in [2.05, 4.69) is 15.7 Å². The second-order valence-corrected chi connectivity index (χ2v) is 7.68. The van der Waals surface area contributed by atoms with Gasteiger partial charge in [-0.05, 0) is 23.3 Å². The number of aromatic nitrogens is 2. The Labute approximate surface area is 196 Å². The van der Waals surface area contributed by atoms with Gasteiger partial charge in [-0.2, -0.15) is 0 Å². The highest BCUT2D eigenvalue weighted by molar-refractivity contribution is 6.32. The van der Waals surface area contributed by atoms with E-state index in [1.54, 1.807) is 43.4 Å². The second kappa shape index (κ2) is 10.8. The lowest BCUT2D eigenvalue weighted by Crippen LogP contribution is -2.42. The number of anilines is 2. The van der Waals surface area contributed by atoms with Crippen molar-refractivity contribution in [3.05, 3.63) is 75.2 Å². The fourth-order valence-corrected chi connectivity index (χ4v) is 3.59. The van der Waals surface area contributed by atoms with Gasteiger partial charge < -0.3 is 16.5 Å².